The van der Waals surface area contributed by atoms with Crippen molar-refractivity contribution >= 4 is 18.0 Å². The first-order valence-corrected chi connectivity index (χ1v) is 8.25. The quantitative estimate of drug-likeness (QED) is 0.902. The Labute approximate surface area is 147 Å². The van der Waals surface area contributed by atoms with Gasteiger partial charge in [0.05, 0.1) is 13.7 Å². The molecule has 25 heavy (non-hydrogen) atoms. The molecule has 5 nitrogen and oxygen atoms in total. The minimum Gasteiger partial charge on any atom is -0.504 e. The molecule has 0 spiro atoms. The second-order valence-electron chi connectivity index (χ2n) is 5.73. The zero-order chi connectivity index (χ0) is 17.6. The normalized spacial score (nSPS) is 15.4. The van der Waals surface area contributed by atoms with E-state index in [0.29, 0.717) is 19.0 Å². The predicted molar refractivity (Wildman–Crippen MR) is 101 cm³/mol. The second kappa shape index (κ2) is 7.75. The summed E-state index contributed by atoms with van der Waals surface area (Å²) < 4.78 is 10.6. The number of rotatable bonds is 5. The van der Waals surface area contributed by atoms with Gasteiger partial charge in [-0.25, -0.2) is 0 Å². The van der Waals surface area contributed by atoms with Crippen LogP contribution >= 0.6 is 0 Å². The molecule has 0 aliphatic carbocycles. The molecule has 1 aliphatic heterocycles. The van der Waals surface area contributed by atoms with Gasteiger partial charge in [-0.3, -0.25) is 4.99 Å². The number of benzene rings is 2. The molecule has 3 rings (SSSR count). The molecule has 1 N–H and O–H groups in total. The Kier molecular flexibility index (Phi) is 5.23. The maximum atomic E-state index is 9.81. The van der Waals surface area contributed by atoms with Gasteiger partial charge in [-0.1, -0.05) is 6.07 Å². The summed E-state index contributed by atoms with van der Waals surface area (Å²) in [5.74, 6) is 1.49. The molecule has 1 aliphatic rings. The van der Waals surface area contributed by atoms with Crippen molar-refractivity contribution < 1.29 is 14.6 Å². The van der Waals surface area contributed by atoms with Crippen LogP contribution in [0.15, 0.2) is 53.0 Å². The molecule has 0 aromatic heterocycles. The zero-order valence-corrected chi connectivity index (χ0v) is 14.5. The number of methoxy groups -OCH3 is 1. The van der Waals surface area contributed by atoms with Crippen LogP contribution in [-0.2, 0) is 0 Å². The highest BCUT2D eigenvalue weighted by atomic mass is 16.5. The van der Waals surface area contributed by atoms with E-state index in [1.807, 2.05) is 49.5 Å². The van der Waals surface area contributed by atoms with Crippen molar-refractivity contribution in [3.63, 3.8) is 0 Å². The van der Waals surface area contributed by atoms with Gasteiger partial charge in [-0.2, -0.15) is 0 Å². The molecule has 2 aromatic rings. The summed E-state index contributed by atoms with van der Waals surface area (Å²) in [5, 5.41) is 9.81. The first kappa shape index (κ1) is 16.9. The lowest BCUT2D eigenvalue weighted by atomic mass is 10.1. The van der Waals surface area contributed by atoms with Gasteiger partial charge in [0.2, 0.25) is 0 Å². The van der Waals surface area contributed by atoms with Gasteiger partial charge in [0, 0.05) is 18.4 Å². The SMILES string of the molecule is CCOc1cc(/C=C2/C=NCN(c3ccc(OC)cc3)C2)ccc1O. The smallest absolute Gasteiger partial charge is 0.161 e. The van der Waals surface area contributed by atoms with Crippen molar-refractivity contribution in [2.24, 2.45) is 4.99 Å². The Morgan fingerprint density at radius 2 is 2.00 bits per heavy atom. The van der Waals surface area contributed by atoms with Crippen LogP contribution in [-0.4, -0.2) is 38.3 Å². The molecular weight excluding hydrogens is 316 g/mol. The fourth-order valence-corrected chi connectivity index (χ4v) is 2.72. The van der Waals surface area contributed by atoms with Crippen molar-refractivity contribution in [2.45, 2.75) is 6.92 Å². The van der Waals surface area contributed by atoms with Gasteiger partial charge in [-0.05, 0) is 60.5 Å². The first-order chi connectivity index (χ1) is 12.2. The van der Waals surface area contributed by atoms with Crippen LogP contribution in [0, 0.1) is 0 Å². The number of hydrogen-bond acceptors (Lipinski definition) is 5. The van der Waals surface area contributed by atoms with Gasteiger partial charge in [-0.15, -0.1) is 0 Å². The molecule has 0 atom stereocenters. The topological polar surface area (TPSA) is 54.3 Å². The molecule has 0 saturated heterocycles. The maximum Gasteiger partial charge on any atom is 0.161 e. The molecule has 0 amide bonds. The fourth-order valence-electron chi connectivity index (χ4n) is 2.72. The average molecular weight is 338 g/mol. The highest BCUT2D eigenvalue weighted by Crippen LogP contribution is 2.28. The lowest BCUT2D eigenvalue weighted by molar-refractivity contribution is 0.318. The van der Waals surface area contributed by atoms with E-state index in [2.05, 4.69) is 16.0 Å². The molecule has 1 heterocycles. The van der Waals surface area contributed by atoms with Gasteiger partial charge < -0.3 is 19.5 Å². The number of phenols is 1. The number of ether oxygens (including phenoxy) is 2. The monoisotopic (exact) mass is 338 g/mol. The van der Waals surface area contributed by atoms with Gasteiger partial charge >= 0.3 is 0 Å². The molecule has 2 aromatic carbocycles. The minimum absolute atomic E-state index is 0.154. The fraction of sp³-hybridized carbons (Fsp3) is 0.250. The third-order valence-electron chi connectivity index (χ3n) is 3.96. The molecule has 0 fully saturated rings. The highest BCUT2D eigenvalue weighted by Gasteiger charge is 2.12. The van der Waals surface area contributed by atoms with E-state index in [0.717, 1.165) is 29.1 Å². The number of hydrogen-bond donors (Lipinski definition) is 1. The van der Waals surface area contributed by atoms with Gasteiger partial charge in [0.1, 0.15) is 12.4 Å². The maximum absolute atomic E-state index is 9.81. The Bertz CT molecular complexity index is 782. The Morgan fingerprint density at radius 1 is 1.20 bits per heavy atom. The zero-order valence-electron chi connectivity index (χ0n) is 14.5. The Hall–Kier alpha value is -2.95. The molecular formula is C20H22N2O3. The Balaban J connectivity index is 1.78. The summed E-state index contributed by atoms with van der Waals surface area (Å²) in [4.78, 5) is 6.64. The molecule has 0 radical (unpaired) electrons. The van der Waals surface area contributed by atoms with E-state index in [1.54, 1.807) is 13.2 Å². The van der Waals surface area contributed by atoms with Crippen molar-refractivity contribution in [2.75, 3.05) is 31.8 Å². The van der Waals surface area contributed by atoms with Gasteiger partial charge in [0.15, 0.2) is 11.5 Å². The largest absolute Gasteiger partial charge is 0.504 e. The van der Waals surface area contributed by atoms with E-state index in [-0.39, 0.29) is 5.75 Å². The second-order valence-corrected chi connectivity index (χ2v) is 5.73. The van der Waals surface area contributed by atoms with Crippen LogP contribution < -0.4 is 14.4 Å². The summed E-state index contributed by atoms with van der Waals surface area (Å²) in [5.41, 5.74) is 3.17. The predicted octanol–water partition coefficient (Wildman–Crippen LogP) is 3.73. The summed E-state index contributed by atoms with van der Waals surface area (Å²) in [6.07, 6.45) is 3.95. The van der Waals surface area contributed by atoms with Crippen LogP contribution in [0.2, 0.25) is 0 Å². The molecule has 0 unspecified atom stereocenters. The molecule has 130 valence electrons. The van der Waals surface area contributed by atoms with Gasteiger partial charge in [0.25, 0.3) is 0 Å². The highest BCUT2D eigenvalue weighted by molar-refractivity contribution is 5.88. The average Bonchev–Trinajstić information content (AvgIpc) is 2.65. The van der Waals surface area contributed by atoms with Crippen LogP contribution in [0.3, 0.4) is 0 Å². The number of nitrogens with zero attached hydrogens (tertiary/aromatic N) is 2. The van der Waals surface area contributed by atoms with E-state index in [1.165, 1.54) is 0 Å². The number of aliphatic imine (C=N–C) groups is 1. The van der Waals surface area contributed by atoms with Crippen LogP contribution in [0.1, 0.15) is 12.5 Å². The molecule has 0 bridgehead atoms. The van der Waals surface area contributed by atoms with E-state index < -0.39 is 0 Å². The summed E-state index contributed by atoms with van der Waals surface area (Å²) in [6, 6.07) is 13.3. The van der Waals surface area contributed by atoms with Crippen LogP contribution in [0.5, 0.6) is 17.2 Å². The van der Waals surface area contributed by atoms with Crippen molar-refractivity contribution in [3.05, 3.63) is 53.6 Å². The molecule has 0 saturated carbocycles. The lowest BCUT2D eigenvalue weighted by Crippen LogP contribution is -2.29. The van der Waals surface area contributed by atoms with E-state index in [4.69, 9.17) is 9.47 Å². The van der Waals surface area contributed by atoms with E-state index in [9.17, 15) is 5.11 Å². The van der Waals surface area contributed by atoms with E-state index >= 15 is 0 Å². The summed E-state index contributed by atoms with van der Waals surface area (Å²) in [7, 11) is 1.66. The third kappa shape index (κ3) is 4.12. The lowest BCUT2D eigenvalue weighted by Gasteiger charge is -2.26. The van der Waals surface area contributed by atoms with Crippen LogP contribution in [0.4, 0.5) is 5.69 Å². The van der Waals surface area contributed by atoms with Crippen molar-refractivity contribution in [1.29, 1.82) is 0 Å². The van der Waals surface area contributed by atoms with Crippen molar-refractivity contribution in [3.8, 4) is 17.2 Å². The third-order valence-corrected chi connectivity index (χ3v) is 3.96. The summed E-state index contributed by atoms with van der Waals surface area (Å²) in [6.45, 7) is 3.80. The number of phenolic OH excluding ortho intramolecular Hbond substituents is 1. The standard InChI is InChI=1S/C20H22N2O3/c1-3-25-20-11-15(4-9-19(20)23)10-16-12-21-14-22(13-16)17-5-7-18(24-2)8-6-17/h4-12,23H,3,13-14H2,1-2H3/b16-10-. The Morgan fingerprint density at radius 3 is 2.72 bits per heavy atom. The molecule has 5 heteroatoms. The van der Waals surface area contributed by atoms with Crippen molar-refractivity contribution in [1.82, 2.24) is 0 Å². The number of anilines is 1. The first-order valence-electron chi connectivity index (χ1n) is 8.25. The number of aromatic hydroxyl groups is 1. The minimum atomic E-state index is 0.154. The van der Waals surface area contributed by atoms with Crippen LogP contribution in [0.25, 0.3) is 6.08 Å². The summed E-state index contributed by atoms with van der Waals surface area (Å²) >= 11 is 0.